The van der Waals surface area contributed by atoms with Gasteiger partial charge in [0.05, 0.1) is 0 Å². The number of hydrogen-bond donors (Lipinski definition) is 0. The fourth-order valence-electron chi connectivity index (χ4n) is 0. The minimum Gasteiger partial charge on any atom is 0 e. The van der Waals surface area contributed by atoms with Gasteiger partial charge in [-0.2, -0.15) is 0 Å². The van der Waals surface area contributed by atoms with Crippen LogP contribution < -0.4 is 0 Å². The van der Waals surface area contributed by atoms with Crippen LogP contribution in [0.2, 0.25) is 0 Å². The van der Waals surface area contributed by atoms with Crippen molar-refractivity contribution in [2.45, 2.75) is 0 Å². The Kier molecular flexibility index (Phi) is 181. The van der Waals surface area contributed by atoms with Crippen LogP contribution >= 0.6 is 0 Å². The summed E-state index contributed by atoms with van der Waals surface area (Å²) < 4.78 is 0. The van der Waals surface area contributed by atoms with Gasteiger partial charge in [0.2, 0.25) is 0 Å². The van der Waals surface area contributed by atoms with Gasteiger partial charge in [-0.3, -0.25) is 0 Å². The van der Waals surface area contributed by atoms with Gasteiger partial charge in [-0.05, 0) is 0 Å². The van der Waals surface area contributed by atoms with E-state index in [1.54, 1.807) is 0 Å². The zero-order chi connectivity index (χ0) is 0. The first-order valence-corrected chi connectivity index (χ1v) is 0. The van der Waals surface area contributed by atoms with Gasteiger partial charge in [0, 0.05) is 50.3 Å². The van der Waals surface area contributed by atoms with Crippen LogP contribution in [0.3, 0.4) is 0 Å². The Morgan fingerprint density at radius 3 is 0.750 bits per heavy atom. The zero-order valence-corrected chi connectivity index (χ0v) is 4.29. The summed E-state index contributed by atoms with van der Waals surface area (Å²) in [6.45, 7) is 0. The van der Waals surface area contributed by atoms with Crippen molar-refractivity contribution in [3.8, 4) is 0 Å². The predicted octanol–water partition coefficient (Wildman–Crippen LogP) is -1.19. The molecule has 0 aromatic carbocycles. The smallest absolute Gasteiger partial charge is 0 e. The molecule has 0 rings (SSSR count). The molecule has 0 unspecified atom stereocenters. The van der Waals surface area contributed by atoms with Gasteiger partial charge in [0.25, 0.3) is 0 Å². The molecule has 0 bridgehead atoms. The molecule has 0 fully saturated rings. The summed E-state index contributed by atoms with van der Waals surface area (Å²) in [5.41, 5.74) is 0. The fraction of sp³-hybridized carbons (Fsp3) is 0. The Bertz CT molecular complexity index is 6.00. The summed E-state index contributed by atoms with van der Waals surface area (Å²) in [5, 5.41) is 0. The fourth-order valence-corrected chi connectivity index (χ4v) is 0. The third kappa shape index (κ3) is 8.96. The molecule has 4 heteroatoms. The Morgan fingerprint density at radius 1 is 0.750 bits per heavy atom. The van der Waals surface area contributed by atoms with Gasteiger partial charge >= 0.3 is 0 Å². The molecule has 0 aromatic rings. The molecule has 0 saturated heterocycles. The minimum atomic E-state index is 0. The maximum atomic E-state index is 0. The van der Waals surface area contributed by atoms with E-state index in [0.717, 1.165) is 0 Å². The second-order valence-corrected chi connectivity index (χ2v) is 0. The molecule has 0 spiro atoms. The van der Waals surface area contributed by atoms with E-state index >= 15 is 0 Å². The van der Waals surface area contributed by atoms with E-state index < -0.39 is 0 Å². The molecule has 0 heterocycles. The molecule has 0 aromatic heterocycles. The van der Waals surface area contributed by atoms with Crippen LogP contribution in [0.1, 0.15) is 0 Å². The molecule has 32 valence electrons. The molecule has 0 N–H and O–H groups in total. The Morgan fingerprint density at radius 2 is 0.750 bits per heavy atom. The predicted molar refractivity (Wildman–Crippen MR) is 9.94 cm³/mol. The maximum absolute atomic E-state index is 0. The van der Waals surface area contributed by atoms with Crippen LogP contribution in [-0.2, 0) is 50.3 Å². The summed E-state index contributed by atoms with van der Waals surface area (Å²) in [4.78, 5) is 0. The molecule has 0 aliphatic carbocycles. The van der Waals surface area contributed by atoms with E-state index in [0.29, 0.717) is 0 Å². The van der Waals surface area contributed by atoms with E-state index in [4.69, 9.17) is 0 Å². The van der Waals surface area contributed by atoms with Crippen molar-refractivity contribution in [3.63, 3.8) is 0 Å². The summed E-state index contributed by atoms with van der Waals surface area (Å²) in [6.07, 6.45) is 0. The molecule has 0 amide bonds. The van der Waals surface area contributed by atoms with Crippen molar-refractivity contribution < 1.29 is 50.3 Å². The van der Waals surface area contributed by atoms with Gasteiger partial charge < -0.3 is 0 Å². The van der Waals surface area contributed by atoms with Gasteiger partial charge in [0.15, 0.2) is 17.4 Å². The largest absolute Gasteiger partial charge is 0.187 e. The molecule has 0 atom stereocenters. The second-order valence-electron chi connectivity index (χ2n) is 0. The second kappa shape index (κ2) is 19.7. The van der Waals surface area contributed by atoms with Crippen molar-refractivity contribution in [3.05, 3.63) is 0 Å². The van der Waals surface area contributed by atoms with Gasteiger partial charge in [0.1, 0.15) is 0 Å². The molecule has 0 aliphatic rings. The zero-order valence-electron chi connectivity index (χ0n) is 1.04. The standard InChI is InChI=1S/Al.Cr.2Ni.3H. The summed E-state index contributed by atoms with van der Waals surface area (Å²) in [7, 11) is 0. The minimum absolute atomic E-state index is 0. The summed E-state index contributed by atoms with van der Waals surface area (Å²) in [5.74, 6) is 0. The molecule has 0 nitrogen and oxygen atoms in total. The third-order valence-electron chi connectivity index (χ3n) is 0. The molecule has 0 aliphatic heterocycles. The summed E-state index contributed by atoms with van der Waals surface area (Å²) >= 11 is 0. The maximum Gasteiger partial charge on any atom is 0.187 e. The average Bonchev–Trinajstić information content (AvgIpc) is 0. The van der Waals surface area contributed by atoms with Crippen molar-refractivity contribution in [2.75, 3.05) is 0 Å². The third-order valence-corrected chi connectivity index (χ3v) is 0. The topological polar surface area (TPSA) is 0 Å². The van der Waals surface area contributed by atoms with E-state index in [2.05, 4.69) is 0 Å². The first-order chi connectivity index (χ1) is 0. The van der Waals surface area contributed by atoms with Crippen molar-refractivity contribution in [1.82, 2.24) is 0 Å². The van der Waals surface area contributed by atoms with E-state index in [-0.39, 0.29) is 67.7 Å². The first kappa shape index (κ1) is 36.7. The first-order valence-electron chi connectivity index (χ1n) is 0. The number of hydrogen-bond acceptors (Lipinski definition) is 0. The van der Waals surface area contributed by atoms with Crippen LogP contribution in [0.25, 0.3) is 0 Å². The quantitative estimate of drug-likeness (QED) is 0.430. The van der Waals surface area contributed by atoms with Crippen LogP contribution in [0.15, 0.2) is 0 Å². The molecular formula is H3AlCrNi2. The Balaban J connectivity index is 0. The SMILES string of the molecule is [AlH3].[Cr].[Ni].[Ni]. The summed E-state index contributed by atoms with van der Waals surface area (Å²) in [6, 6.07) is 0. The molecular weight excluding hydrogens is 196 g/mol. The van der Waals surface area contributed by atoms with Gasteiger partial charge in [-0.25, -0.2) is 0 Å². The van der Waals surface area contributed by atoms with Crippen molar-refractivity contribution >= 4 is 17.4 Å². The van der Waals surface area contributed by atoms with Crippen molar-refractivity contribution in [1.29, 1.82) is 0 Å². The van der Waals surface area contributed by atoms with Crippen LogP contribution in [0.5, 0.6) is 0 Å². The molecule has 0 saturated carbocycles. The van der Waals surface area contributed by atoms with Crippen molar-refractivity contribution in [2.24, 2.45) is 0 Å². The normalized spacial score (nSPS) is 0. The number of rotatable bonds is 0. The van der Waals surface area contributed by atoms with E-state index in [9.17, 15) is 0 Å². The molecule has 0 radical (unpaired) electrons. The van der Waals surface area contributed by atoms with Crippen LogP contribution in [0, 0.1) is 0 Å². The average molecular weight is 199 g/mol. The van der Waals surface area contributed by atoms with E-state index in [1.807, 2.05) is 0 Å². The van der Waals surface area contributed by atoms with Gasteiger partial charge in [-0.15, -0.1) is 0 Å². The molecule has 4 heavy (non-hydrogen) atoms. The van der Waals surface area contributed by atoms with Gasteiger partial charge in [-0.1, -0.05) is 0 Å². The Hall–Kier alpha value is 2.05. The van der Waals surface area contributed by atoms with Crippen LogP contribution in [0.4, 0.5) is 0 Å². The Labute approximate surface area is 67.2 Å². The van der Waals surface area contributed by atoms with Crippen LogP contribution in [-0.4, -0.2) is 17.4 Å². The van der Waals surface area contributed by atoms with E-state index in [1.165, 1.54) is 0 Å². The monoisotopic (exact) mass is 198 g/mol.